The van der Waals surface area contributed by atoms with Gasteiger partial charge in [-0.1, -0.05) is 19.4 Å². The molecule has 0 fully saturated rings. The Labute approximate surface area is 116 Å². The van der Waals surface area contributed by atoms with Crippen LogP contribution in [0.2, 0.25) is 0 Å². The number of hydrogen-bond acceptors (Lipinski definition) is 2. The Hall–Kier alpha value is -1.09. The summed E-state index contributed by atoms with van der Waals surface area (Å²) in [5.74, 6) is 0.0663. The van der Waals surface area contributed by atoms with E-state index in [0.29, 0.717) is 12.3 Å². The smallest absolute Gasteiger partial charge is 0.165 e. The summed E-state index contributed by atoms with van der Waals surface area (Å²) in [7, 11) is 0. The zero-order valence-electron chi connectivity index (χ0n) is 12.7. The van der Waals surface area contributed by atoms with Crippen LogP contribution in [0.5, 0.6) is 5.75 Å². The van der Waals surface area contributed by atoms with Gasteiger partial charge in [-0.25, -0.2) is 4.39 Å². The van der Waals surface area contributed by atoms with Crippen LogP contribution in [0, 0.1) is 5.82 Å². The Morgan fingerprint density at radius 3 is 2.53 bits per heavy atom. The lowest BCUT2D eigenvalue weighted by atomic mass is 10.1. The molecule has 2 nitrogen and oxygen atoms in total. The third-order valence-corrected chi connectivity index (χ3v) is 2.84. The summed E-state index contributed by atoms with van der Waals surface area (Å²) in [6.45, 7) is 11.0. The first-order valence-corrected chi connectivity index (χ1v) is 7.02. The van der Waals surface area contributed by atoms with Crippen LogP contribution in [0.1, 0.15) is 53.0 Å². The van der Waals surface area contributed by atoms with Gasteiger partial charge < -0.3 is 10.1 Å². The van der Waals surface area contributed by atoms with E-state index in [1.165, 1.54) is 0 Å². The van der Waals surface area contributed by atoms with E-state index in [9.17, 15) is 4.39 Å². The number of ether oxygens (including phenoxy) is 1. The van der Waals surface area contributed by atoms with E-state index in [4.69, 9.17) is 4.74 Å². The highest BCUT2D eigenvalue weighted by atomic mass is 19.1. The van der Waals surface area contributed by atoms with Gasteiger partial charge in [0.2, 0.25) is 0 Å². The summed E-state index contributed by atoms with van der Waals surface area (Å²) in [6.07, 6.45) is 2.03. The van der Waals surface area contributed by atoms with E-state index in [1.54, 1.807) is 12.1 Å². The van der Waals surface area contributed by atoms with Gasteiger partial charge in [-0.15, -0.1) is 0 Å². The van der Waals surface area contributed by atoms with Crippen molar-refractivity contribution >= 4 is 0 Å². The minimum Gasteiger partial charge on any atom is -0.488 e. The number of hydrogen-bond donors (Lipinski definition) is 1. The second-order valence-electron chi connectivity index (χ2n) is 6.09. The largest absolute Gasteiger partial charge is 0.488 e. The molecule has 3 heteroatoms. The average Bonchev–Trinajstić information content (AvgIpc) is 2.29. The molecule has 0 bridgehead atoms. The third-order valence-electron chi connectivity index (χ3n) is 2.84. The van der Waals surface area contributed by atoms with Gasteiger partial charge in [0.15, 0.2) is 11.6 Å². The Morgan fingerprint density at radius 2 is 2.00 bits per heavy atom. The monoisotopic (exact) mass is 267 g/mol. The summed E-state index contributed by atoms with van der Waals surface area (Å²) >= 11 is 0. The fourth-order valence-corrected chi connectivity index (χ4v) is 1.80. The van der Waals surface area contributed by atoms with Crippen molar-refractivity contribution in [3.63, 3.8) is 0 Å². The van der Waals surface area contributed by atoms with Crippen LogP contribution in [0.25, 0.3) is 0 Å². The molecule has 0 aromatic heterocycles. The second-order valence-corrected chi connectivity index (χ2v) is 6.09. The summed E-state index contributed by atoms with van der Waals surface area (Å²) < 4.78 is 19.5. The third kappa shape index (κ3) is 6.06. The van der Waals surface area contributed by atoms with Gasteiger partial charge in [0.25, 0.3) is 0 Å². The van der Waals surface area contributed by atoms with Crippen molar-refractivity contribution in [1.82, 2.24) is 5.32 Å². The van der Waals surface area contributed by atoms with E-state index in [2.05, 4.69) is 33.0 Å². The zero-order chi connectivity index (χ0) is 14.5. The topological polar surface area (TPSA) is 21.3 Å². The molecule has 1 aromatic rings. The number of benzene rings is 1. The molecule has 0 amide bonds. The highest BCUT2D eigenvalue weighted by molar-refractivity contribution is 5.29. The molecule has 0 saturated heterocycles. The first kappa shape index (κ1) is 16.0. The lowest BCUT2D eigenvalue weighted by Gasteiger charge is -2.21. The molecule has 1 rings (SSSR count). The molecule has 19 heavy (non-hydrogen) atoms. The molecule has 1 atom stereocenters. The fourth-order valence-electron chi connectivity index (χ4n) is 1.80. The van der Waals surface area contributed by atoms with Gasteiger partial charge in [-0.3, -0.25) is 0 Å². The standard InChI is InChI=1S/C16H26FNO/c1-6-7-12(2)19-15-9-8-13(10-14(15)17)11-18-16(3,4)5/h8-10,12,18H,6-7,11H2,1-5H3. The van der Waals surface area contributed by atoms with Crippen molar-refractivity contribution in [1.29, 1.82) is 0 Å². The maximum atomic E-state index is 13.9. The lowest BCUT2D eigenvalue weighted by Crippen LogP contribution is -2.35. The molecular formula is C16H26FNO. The quantitative estimate of drug-likeness (QED) is 0.830. The average molecular weight is 267 g/mol. The minimum absolute atomic E-state index is 0.0291. The fraction of sp³-hybridized carbons (Fsp3) is 0.625. The van der Waals surface area contributed by atoms with Crippen LogP contribution in [0.4, 0.5) is 4.39 Å². The summed E-state index contributed by atoms with van der Waals surface area (Å²) in [6, 6.07) is 5.18. The second kappa shape index (κ2) is 6.90. The van der Waals surface area contributed by atoms with Crippen molar-refractivity contribution < 1.29 is 9.13 Å². The normalized spacial score (nSPS) is 13.4. The highest BCUT2D eigenvalue weighted by Crippen LogP contribution is 2.21. The molecule has 1 aromatic carbocycles. The highest BCUT2D eigenvalue weighted by Gasteiger charge is 2.11. The van der Waals surface area contributed by atoms with Gasteiger partial charge in [-0.05, 0) is 51.8 Å². The first-order chi connectivity index (χ1) is 8.81. The molecule has 0 radical (unpaired) electrons. The van der Waals surface area contributed by atoms with E-state index in [0.717, 1.165) is 18.4 Å². The zero-order valence-corrected chi connectivity index (χ0v) is 12.7. The Kier molecular flexibility index (Phi) is 5.80. The maximum absolute atomic E-state index is 13.9. The Balaban J connectivity index is 2.64. The van der Waals surface area contributed by atoms with Crippen molar-refractivity contribution in [2.24, 2.45) is 0 Å². The van der Waals surface area contributed by atoms with E-state index >= 15 is 0 Å². The molecule has 0 aliphatic heterocycles. The molecule has 0 saturated carbocycles. The minimum atomic E-state index is -0.281. The predicted molar refractivity (Wildman–Crippen MR) is 78.0 cm³/mol. The van der Waals surface area contributed by atoms with Gasteiger partial charge in [0, 0.05) is 12.1 Å². The predicted octanol–water partition coefficient (Wildman–Crippen LogP) is 4.28. The van der Waals surface area contributed by atoms with Crippen molar-refractivity contribution in [3.8, 4) is 5.75 Å². The van der Waals surface area contributed by atoms with E-state index < -0.39 is 0 Å². The van der Waals surface area contributed by atoms with Crippen molar-refractivity contribution in [2.45, 2.75) is 65.6 Å². The van der Waals surface area contributed by atoms with Crippen LogP contribution in [0.3, 0.4) is 0 Å². The summed E-state index contributed by atoms with van der Waals surface area (Å²) in [4.78, 5) is 0. The van der Waals surface area contributed by atoms with Crippen LogP contribution in [-0.2, 0) is 6.54 Å². The summed E-state index contributed by atoms with van der Waals surface area (Å²) in [5.41, 5.74) is 0.962. The van der Waals surface area contributed by atoms with Gasteiger partial charge >= 0.3 is 0 Å². The molecule has 1 unspecified atom stereocenters. The molecular weight excluding hydrogens is 241 g/mol. The number of rotatable bonds is 6. The Morgan fingerprint density at radius 1 is 1.32 bits per heavy atom. The van der Waals surface area contributed by atoms with Crippen LogP contribution in [-0.4, -0.2) is 11.6 Å². The van der Waals surface area contributed by atoms with Gasteiger partial charge in [0.1, 0.15) is 0 Å². The van der Waals surface area contributed by atoms with Crippen LogP contribution >= 0.6 is 0 Å². The molecule has 0 heterocycles. The molecule has 0 aliphatic rings. The van der Waals surface area contributed by atoms with Gasteiger partial charge in [0.05, 0.1) is 6.10 Å². The van der Waals surface area contributed by atoms with Crippen molar-refractivity contribution in [3.05, 3.63) is 29.6 Å². The van der Waals surface area contributed by atoms with Crippen LogP contribution < -0.4 is 10.1 Å². The Bertz CT molecular complexity index is 398. The molecule has 108 valence electrons. The number of nitrogens with one attached hydrogen (secondary N) is 1. The molecule has 1 N–H and O–H groups in total. The lowest BCUT2D eigenvalue weighted by molar-refractivity contribution is 0.200. The number of halogens is 1. The molecule has 0 aliphatic carbocycles. The van der Waals surface area contributed by atoms with E-state index in [-0.39, 0.29) is 17.5 Å². The van der Waals surface area contributed by atoms with Crippen LogP contribution in [0.15, 0.2) is 18.2 Å². The SMILES string of the molecule is CCCC(C)Oc1ccc(CNC(C)(C)C)cc1F. The first-order valence-electron chi connectivity index (χ1n) is 7.02. The summed E-state index contributed by atoms with van der Waals surface area (Å²) in [5, 5.41) is 3.34. The maximum Gasteiger partial charge on any atom is 0.165 e. The van der Waals surface area contributed by atoms with Crippen molar-refractivity contribution in [2.75, 3.05) is 0 Å². The molecule has 0 spiro atoms. The van der Waals surface area contributed by atoms with E-state index in [1.807, 2.05) is 13.0 Å². The van der Waals surface area contributed by atoms with Gasteiger partial charge in [-0.2, -0.15) is 0 Å².